The van der Waals surface area contributed by atoms with Crippen LogP contribution in [0.2, 0.25) is 0 Å². The van der Waals surface area contributed by atoms with E-state index in [9.17, 15) is 0 Å². The molecule has 0 aliphatic carbocycles. The lowest BCUT2D eigenvalue weighted by molar-refractivity contribution is 0.441. The third-order valence-electron chi connectivity index (χ3n) is 7.55. The van der Waals surface area contributed by atoms with Crippen LogP contribution in [0, 0.1) is 0 Å². The summed E-state index contributed by atoms with van der Waals surface area (Å²) >= 11 is 0. The number of hydrogen-bond acceptors (Lipinski definition) is 10. The average Bonchev–Trinajstić information content (AvgIpc) is 3.20. The predicted molar refractivity (Wildman–Crippen MR) is 154 cm³/mol. The van der Waals surface area contributed by atoms with Crippen LogP contribution in [0.1, 0.15) is 19.8 Å². The van der Waals surface area contributed by atoms with E-state index in [2.05, 4.69) is 69.1 Å². The van der Waals surface area contributed by atoms with Crippen molar-refractivity contribution >= 4 is 45.3 Å². The van der Waals surface area contributed by atoms with Crippen LogP contribution < -0.4 is 38.1 Å². The van der Waals surface area contributed by atoms with Crippen LogP contribution in [0.5, 0.6) is 0 Å². The number of rotatable bonds is 5. The molecule has 38 heavy (non-hydrogen) atoms. The Hall–Kier alpha value is -3.51. The molecule has 6 rings (SSSR count). The number of nitrogens with zero attached hydrogens (tertiary/aromatic N) is 6. The first kappa shape index (κ1) is 24.8. The Morgan fingerprint density at radius 3 is 1.87 bits per heavy atom. The molecule has 0 saturated carbocycles. The Kier molecular flexibility index (Phi) is 6.52. The highest BCUT2D eigenvalue weighted by molar-refractivity contribution is 6.09. The molecule has 2 aromatic carbocycles. The molecule has 0 spiro atoms. The van der Waals surface area contributed by atoms with Crippen LogP contribution in [-0.2, 0) is 6.54 Å². The lowest BCUT2D eigenvalue weighted by atomic mass is 10.0. The van der Waals surface area contributed by atoms with E-state index in [0.717, 1.165) is 25.1 Å². The smallest absolute Gasteiger partial charge is 0.233 e. The first-order chi connectivity index (χ1) is 18.4. The first-order valence-electron chi connectivity index (χ1n) is 13.4. The van der Waals surface area contributed by atoms with E-state index in [1.807, 2.05) is 0 Å². The molecule has 2 aliphatic rings. The number of piperidine rings is 2. The molecule has 2 saturated heterocycles. The second-order valence-corrected chi connectivity index (χ2v) is 10.7. The molecule has 0 amide bonds. The second kappa shape index (κ2) is 9.99. The zero-order valence-corrected chi connectivity index (χ0v) is 21.8. The third kappa shape index (κ3) is 4.73. The molecule has 0 radical (unpaired) electrons. The van der Waals surface area contributed by atoms with Gasteiger partial charge in [-0.1, -0.05) is 18.2 Å². The summed E-state index contributed by atoms with van der Waals surface area (Å²) in [6.07, 6.45) is 1.56. The summed E-state index contributed by atoms with van der Waals surface area (Å²) < 4.78 is 2.33. The summed E-state index contributed by atoms with van der Waals surface area (Å²) in [5, 5.41) is 5.85. The molecule has 4 heterocycles. The van der Waals surface area contributed by atoms with Gasteiger partial charge in [-0.25, -0.2) is 0 Å². The lowest BCUT2D eigenvalue weighted by Gasteiger charge is -2.37. The number of para-hydroxylation sites is 1. The van der Waals surface area contributed by atoms with Gasteiger partial charge < -0.3 is 42.6 Å². The Bertz CT molecular complexity index is 1390. The van der Waals surface area contributed by atoms with Crippen molar-refractivity contribution in [2.45, 2.75) is 50.5 Å². The Balaban J connectivity index is 1.39. The van der Waals surface area contributed by atoms with Crippen molar-refractivity contribution in [3.63, 3.8) is 0 Å². The van der Waals surface area contributed by atoms with E-state index < -0.39 is 0 Å². The van der Waals surface area contributed by atoms with Crippen molar-refractivity contribution in [3.05, 3.63) is 42.5 Å². The largest absolute Gasteiger partial charge is 0.341 e. The standard InChI is InChI=1S/C27H37N11/c1-2-38-23-6-4-3-5-21(23)22-11-20(7-8-24(22)38)32-25-33-26(36-12-16(28)9-17(29)13-36)35-27(34-25)37-14-18(30)10-19(31)15-37/h3-8,11,16-19H,2,9-10,12-15,28-31H2,1H3,(H,32,33,34,35)/t16-,17+,18-,19+. The zero-order chi connectivity index (χ0) is 26.4. The highest BCUT2D eigenvalue weighted by Gasteiger charge is 2.28. The van der Waals surface area contributed by atoms with E-state index in [0.29, 0.717) is 44.0 Å². The molecule has 11 nitrogen and oxygen atoms in total. The van der Waals surface area contributed by atoms with Gasteiger partial charge in [-0.3, -0.25) is 0 Å². The molecule has 11 heteroatoms. The molecule has 2 fully saturated rings. The number of benzene rings is 2. The van der Waals surface area contributed by atoms with E-state index in [-0.39, 0.29) is 24.2 Å². The van der Waals surface area contributed by atoms with Crippen LogP contribution >= 0.6 is 0 Å². The van der Waals surface area contributed by atoms with E-state index >= 15 is 0 Å². The van der Waals surface area contributed by atoms with Gasteiger partial charge >= 0.3 is 0 Å². The minimum absolute atomic E-state index is 0.0366. The Labute approximate surface area is 222 Å². The van der Waals surface area contributed by atoms with Gasteiger partial charge in [0.1, 0.15) is 0 Å². The van der Waals surface area contributed by atoms with Crippen molar-refractivity contribution in [3.8, 4) is 0 Å². The molecule has 4 atom stereocenters. The van der Waals surface area contributed by atoms with Crippen LogP contribution in [0.3, 0.4) is 0 Å². The van der Waals surface area contributed by atoms with Crippen LogP contribution in [0.25, 0.3) is 21.8 Å². The van der Waals surface area contributed by atoms with Crippen molar-refractivity contribution < 1.29 is 0 Å². The number of hydrogen-bond donors (Lipinski definition) is 5. The summed E-state index contributed by atoms with van der Waals surface area (Å²) in [6.45, 7) is 5.62. The number of aryl methyl sites for hydroxylation is 1. The van der Waals surface area contributed by atoms with Crippen molar-refractivity contribution in [1.82, 2.24) is 19.5 Å². The fraction of sp³-hybridized carbons (Fsp3) is 0.444. The van der Waals surface area contributed by atoms with Crippen LogP contribution in [0.4, 0.5) is 23.5 Å². The number of nitrogens with two attached hydrogens (primary N) is 4. The summed E-state index contributed by atoms with van der Waals surface area (Å²) in [5.41, 5.74) is 28.5. The average molecular weight is 516 g/mol. The van der Waals surface area contributed by atoms with E-state index in [4.69, 9.17) is 37.9 Å². The highest BCUT2D eigenvalue weighted by atomic mass is 15.4. The van der Waals surface area contributed by atoms with E-state index in [1.165, 1.54) is 21.8 Å². The zero-order valence-electron chi connectivity index (χ0n) is 21.8. The van der Waals surface area contributed by atoms with E-state index in [1.54, 1.807) is 0 Å². The Morgan fingerprint density at radius 2 is 1.29 bits per heavy atom. The van der Waals surface area contributed by atoms with Gasteiger partial charge in [0.2, 0.25) is 17.8 Å². The van der Waals surface area contributed by atoms with Gasteiger partial charge in [0, 0.05) is 84.4 Å². The molecular weight excluding hydrogens is 478 g/mol. The van der Waals surface area contributed by atoms with Gasteiger partial charge in [-0.05, 0) is 44.0 Å². The van der Waals surface area contributed by atoms with Gasteiger partial charge in [0.05, 0.1) is 0 Å². The molecule has 9 N–H and O–H groups in total. The first-order valence-corrected chi connectivity index (χ1v) is 13.4. The molecule has 0 unspecified atom stereocenters. The highest BCUT2D eigenvalue weighted by Crippen LogP contribution is 2.32. The van der Waals surface area contributed by atoms with Crippen LogP contribution in [-0.4, -0.2) is 69.9 Å². The number of anilines is 4. The summed E-state index contributed by atoms with van der Waals surface area (Å²) in [7, 11) is 0. The maximum Gasteiger partial charge on any atom is 0.233 e. The van der Waals surface area contributed by atoms with Gasteiger partial charge in [0.15, 0.2) is 0 Å². The van der Waals surface area contributed by atoms with Gasteiger partial charge in [-0.15, -0.1) is 0 Å². The maximum absolute atomic E-state index is 6.29. The van der Waals surface area contributed by atoms with Gasteiger partial charge in [-0.2, -0.15) is 15.0 Å². The Morgan fingerprint density at radius 1 is 0.737 bits per heavy atom. The summed E-state index contributed by atoms with van der Waals surface area (Å²) in [6, 6.07) is 14.7. The number of nitrogens with one attached hydrogen (secondary N) is 1. The van der Waals surface area contributed by atoms with Crippen molar-refractivity contribution in [1.29, 1.82) is 0 Å². The monoisotopic (exact) mass is 515 g/mol. The SMILES string of the molecule is CCn1c2ccccc2c2cc(Nc3nc(N4C[C@H](N)C[C@H](N)C4)nc(N4C[C@H](N)C[C@H](N)C4)n3)ccc21. The molecule has 0 bridgehead atoms. The molecular formula is C27H37N11. The molecule has 2 aliphatic heterocycles. The lowest BCUT2D eigenvalue weighted by Crippen LogP contribution is -2.54. The minimum atomic E-state index is -0.0366. The maximum atomic E-state index is 6.29. The fourth-order valence-electron chi connectivity index (χ4n) is 5.98. The molecule has 200 valence electrons. The third-order valence-corrected chi connectivity index (χ3v) is 7.55. The summed E-state index contributed by atoms with van der Waals surface area (Å²) in [5.74, 6) is 1.57. The van der Waals surface area contributed by atoms with Crippen molar-refractivity contribution in [2.24, 2.45) is 22.9 Å². The predicted octanol–water partition coefficient (Wildman–Crippen LogP) is 1.47. The fourth-order valence-corrected chi connectivity index (χ4v) is 5.98. The quantitative estimate of drug-likeness (QED) is 0.263. The van der Waals surface area contributed by atoms with Crippen molar-refractivity contribution in [2.75, 3.05) is 41.3 Å². The normalized spacial score (nSPS) is 24.3. The summed E-state index contributed by atoms with van der Waals surface area (Å²) in [4.78, 5) is 18.5. The van der Waals surface area contributed by atoms with Crippen LogP contribution in [0.15, 0.2) is 42.5 Å². The molecule has 4 aromatic rings. The second-order valence-electron chi connectivity index (χ2n) is 10.7. The minimum Gasteiger partial charge on any atom is -0.341 e. The molecule has 2 aromatic heterocycles. The van der Waals surface area contributed by atoms with Gasteiger partial charge in [0.25, 0.3) is 0 Å². The number of aromatic nitrogens is 4. The topological polar surface area (TPSA) is 166 Å². The number of fused-ring (bicyclic) bond motifs is 3.